The molecule has 2 aliphatic heterocycles. The van der Waals surface area contributed by atoms with Crippen molar-refractivity contribution in [2.45, 2.75) is 13.0 Å². The minimum Gasteiger partial charge on any atom is -0.485 e. The van der Waals surface area contributed by atoms with Crippen molar-refractivity contribution in [3.63, 3.8) is 0 Å². The van der Waals surface area contributed by atoms with Crippen LogP contribution in [0.15, 0.2) is 42.5 Å². The summed E-state index contributed by atoms with van der Waals surface area (Å²) >= 11 is 1.54. The average Bonchev–Trinajstić information content (AvgIpc) is 3.25. The number of rotatable bonds is 5. The topological polar surface area (TPSA) is 64.1 Å². The number of hydrogen-bond donors (Lipinski definition) is 0. The maximum absolute atomic E-state index is 13.6. The summed E-state index contributed by atoms with van der Waals surface area (Å²) in [5, 5.41) is 0.699. The van der Waals surface area contributed by atoms with Gasteiger partial charge < -0.3 is 14.2 Å². The van der Waals surface area contributed by atoms with E-state index in [2.05, 4.69) is 4.90 Å². The smallest absolute Gasteiger partial charge is 0.273 e. The standard InChI is InChI=1S/C23H25N3O4S.ClH/c1-16-5-4-8-20-21(16)24-23(31-20)26(10-9-25-11-13-28-14-12-25)22(27)19-15-29-17-6-2-3-7-18(17)30-19;/h2-8,19H,9-15H2,1H3;1H. The van der Waals surface area contributed by atoms with E-state index in [1.165, 1.54) is 11.3 Å². The van der Waals surface area contributed by atoms with E-state index in [0.717, 1.165) is 48.6 Å². The monoisotopic (exact) mass is 475 g/mol. The number of fused-ring (bicyclic) bond motifs is 2. The Bertz CT molecular complexity index is 1090. The maximum Gasteiger partial charge on any atom is 0.273 e. The van der Waals surface area contributed by atoms with Crippen LogP contribution in [0, 0.1) is 6.92 Å². The predicted molar refractivity (Wildman–Crippen MR) is 128 cm³/mol. The Morgan fingerprint density at radius 1 is 1.16 bits per heavy atom. The summed E-state index contributed by atoms with van der Waals surface area (Å²) in [6, 6.07) is 13.6. The lowest BCUT2D eigenvalue weighted by molar-refractivity contribution is -0.127. The molecule has 1 fully saturated rings. The van der Waals surface area contributed by atoms with Crippen LogP contribution in [-0.2, 0) is 9.53 Å². The Balaban J connectivity index is 0.00000245. The number of halogens is 1. The van der Waals surface area contributed by atoms with Crippen LogP contribution in [0.4, 0.5) is 5.13 Å². The number of ether oxygens (including phenoxy) is 3. The Labute approximate surface area is 197 Å². The summed E-state index contributed by atoms with van der Waals surface area (Å²) in [5.74, 6) is 1.14. The molecule has 1 saturated heterocycles. The van der Waals surface area contributed by atoms with Crippen LogP contribution in [0.5, 0.6) is 11.5 Å². The first-order valence-corrected chi connectivity index (χ1v) is 11.4. The molecular formula is C23H26ClN3O4S. The number of amides is 1. The number of aromatic nitrogens is 1. The van der Waals surface area contributed by atoms with Crippen molar-refractivity contribution < 1.29 is 19.0 Å². The molecular weight excluding hydrogens is 450 g/mol. The molecule has 1 atom stereocenters. The highest BCUT2D eigenvalue weighted by Gasteiger charge is 2.33. The number of para-hydroxylation sites is 3. The molecule has 0 bridgehead atoms. The molecule has 32 heavy (non-hydrogen) atoms. The molecule has 0 N–H and O–H groups in total. The zero-order valence-corrected chi connectivity index (χ0v) is 19.5. The molecule has 2 aromatic carbocycles. The number of thiazole rings is 1. The van der Waals surface area contributed by atoms with E-state index in [-0.39, 0.29) is 24.9 Å². The number of morpholine rings is 1. The first-order valence-electron chi connectivity index (χ1n) is 10.5. The zero-order valence-electron chi connectivity index (χ0n) is 17.9. The molecule has 0 spiro atoms. The van der Waals surface area contributed by atoms with E-state index in [4.69, 9.17) is 19.2 Å². The second-order valence-electron chi connectivity index (χ2n) is 7.73. The minimum absolute atomic E-state index is 0. The zero-order chi connectivity index (χ0) is 21.2. The second kappa shape index (κ2) is 10.0. The number of aryl methyl sites for hydroxylation is 1. The number of carbonyl (C=O) groups is 1. The molecule has 2 aliphatic rings. The van der Waals surface area contributed by atoms with Crippen LogP contribution in [-0.4, -0.2) is 67.9 Å². The average molecular weight is 476 g/mol. The predicted octanol–water partition coefficient (Wildman–Crippen LogP) is 3.53. The highest BCUT2D eigenvalue weighted by molar-refractivity contribution is 7.22. The van der Waals surface area contributed by atoms with Crippen LogP contribution < -0.4 is 14.4 Å². The first-order chi connectivity index (χ1) is 15.2. The number of benzene rings is 2. The van der Waals surface area contributed by atoms with Gasteiger partial charge in [-0.2, -0.15) is 0 Å². The van der Waals surface area contributed by atoms with E-state index in [1.807, 2.05) is 49.4 Å². The number of carbonyl (C=O) groups excluding carboxylic acids is 1. The van der Waals surface area contributed by atoms with E-state index in [9.17, 15) is 4.79 Å². The molecule has 7 nitrogen and oxygen atoms in total. The van der Waals surface area contributed by atoms with Crippen LogP contribution in [0.3, 0.4) is 0 Å². The van der Waals surface area contributed by atoms with Gasteiger partial charge in [0.05, 0.1) is 23.4 Å². The lowest BCUT2D eigenvalue weighted by Gasteiger charge is -2.32. The molecule has 0 radical (unpaired) electrons. The Kier molecular flexibility index (Phi) is 7.15. The van der Waals surface area contributed by atoms with Crippen molar-refractivity contribution in [2.75, 3.05) is 50.9 Å². The van der Waals surface area contributed by atoms with Gasteiger partial charge in [-0.1, -0.05) is 35.6 Å². The van der Waals surface area contributed by atoms with Gasteiger partial charge in [-0.25, -0.2) is 4.98 Å². The lowest BCUT2D eigenvalue weighted by atomic mass is 10.2. The molecule has 0 saturated carbocycles. The highest BCUT2D eigenvalue weighted by atomic mass is 35.5. The fourth-order valence-corrected chi connectivity index (χ4v) is 4.95. The number of hydrogen-bond acceptors (Lipinski definition) is 7. The molecule has 170 valence electrons. The molecule has 1 aromatic heterocycles. The summed E-state index contributed by atoms with van der Waals surface area (Å²) in [5.41, 5.74) is 2.05. The third kappa shape index (κ3) is 4.68. The van der Waals surface area contributed by atoms with Gasteiger partial charge in [0, 0.05) is 26.2 Å². The van der Waals surface area contributed by atoms with Gasteiger partial charge in [0.1, 0.15) is 6.61 Å². The lowest BCUT2D eigenvalue weighted by Crippen LogP contribution is -2.49. The molecule has 1 unspecified atom stereocenters. The van der Waals surface area contributed by atoms with Gasteiger partial charge in [0.15, 0.2) is 16.6 Å². The molecule has 3 aromatic rings. The highest BCUT2D eigenvalue weighted by Crippen LogP contribution is 2.34. The summed E-state index contributed by atoms with van der Waals surface area (Å²) in [7, 11) is 0. The summed E-state index contributed by atoms with van der Waals surface area (Å²) in [6.45, 7) is 6.73. The van der Waals surface area contributed by atoms with Crippen LogP contribution in [0.25, 0.3) is 10.2 Å². The third-order valence-electron chi connectivity index (χ3n) is 5.63. The quantitative estimate of drug-likeness (QED) is 0.562. The van der Waals surface area contributed by atoms with Crippen molar-refractivity contribution in [3.05, 3.63) is 48.0 Å². The van der Waals surface area contributed by atoms with Crippen molar-refractivity contribution in [2.24, 2.45) is 0 Å². The maximum atomic E-state index is 13.6. The van der Waals surface area contributed by atoms with E-state index >= 15 is 0 Å². The normalized spacial score (nSPS) is 18.2. The van der Waals surface area contributed by atoms with Gasteiger partial charge in [-0.05, 0) is 30.7 Å². The van der Waals surface area contributed by atoms with Crippen LogP contribution in [0.1, 0.15) is 5.56 Å². The minimum atomic E-state index is -0.701. The van der Waals surface area contributed by atoms with Crippen LogP contribution in [0.2, 0.25) is 0 Å². The SMILES string of the molecule is Cc1cccc2sc(N(CCN3CCOCC3)C(=O)C3COc4ccccc4O3)nc12.Cl. The van der Waals surface area contributed by atoms with E-state index < -0.39 is 6.10 Å². The fourth-order valence-electron chi connectivity index (χ4n) is 3.87. The van der Waals surface area contributed by atoms with Gasteiger partial charge in [0.25, 0.3) is 5.91 Å². The van der Waals surface area contributed by atoms with Gasteiger partial charge >= 0.3 is 0 Å². The molecule has 0 aliphatic carbocycles. The van der Waals surface area contributed by atoms with Crippen LogP contribution >= 0.6 is 23.7 Å². The fraction of sp³-hybridized carbons (Fsp3) is 0.391. The Morgan fingerprint density at radius 2 is 1.94 bits per heavy atom. The van der Waals surface area contributed by atoms with Gasteiger partial charge in [-0.15, -0.1) is 12.4 Å². The number of nitrogens with zero attached hydrogens (tertiary/aromatic N) is 3. The summed E-state index contributed by atoms with van der Waals surface area (Å²) in [6.07, 6.45) is -0.701. The molecule has 3 heterocycles. The summed E-state index contributed by atoms with van der Waals surface area (Å²) in [4.78, 5) is 22.5. The molecule has 5 rings (SSSR count). The van der Waals surface area contributed by atoms with Crippen molar-refractivity contribution in [1.29, 1.82) is 0 Å². The van der Waals surface area contributed by atoms with E-state index in [0.29, 0.717) is 23.2 Å². The number of anilines is 1. The van der Waals surface area contributed by atoms with Gasteiger partial charge in [-0.3, -0.25) is 14.6 Å². The van der Waals surface area contributed by atoms with Crippen molar-refractivity contribution in [3.8, 4) is 11.5 Å². The Morgan fingerprint density at radius 3 is 2.72 bits per heavy atom. The third-order valence-corrected chi connectivity index (χ3v) is 6.68. The first kappa shape index (κ1) is 22.8. The van der Waals surface area contributed by atoms with Crippen molar-refractivity contribution in [1.82, 2.24) is 9.88 Å². The van der Waals surface area contributed by atoms with Crippen molar-refractivity contribution >= 4 is 45.0 Å². The molecule has 9 heteroatoms. The van der Waals surface area contributed by atoms with Gasteiger partial charge in [0.2, 0.25) is 6.10 Å². The molecule has 1 amide bonds. The van der Waals surface area contributed by atoms with E-state index in [1.54, 1.807) is 4.90 Å². The Hall–Kier alpha value is -2.39. The largest absolute Gasteiger partial charge is 0.485 e. The second-order valence-corrected chi connectivity index (χ2v) is 8.74. The summed E-state index contributed by atoms with van der Waals surface area (Å²) < 4.78 is 18.3.